The van der Waals surface area contributed by atoms with Crippen molar-refractivity contribution < 1.29 is 13.2 Å². The Morgan fingerprint density at radius 1 is 1.41 bits per heavy atom. The average molecular weight is 296 g/mol. The summed E-state index contributed by atoms with van der Waals surface area (Å²) in [6.07, 6.45) is 0.311. The van der Waals surface area contributed by atoms with E-state index in [1.165, 1.54) is 12.1 Å². The highest BCUT2D eigenvalue weighted by Crippen LogP contribution is 2.30. The van der Waals surface area contributed by atoms with E-state index < -0.39 is 9.05 Å². The lowest BCUT2D eigenvalue weighted by molar-refractivity contribution is -0.115. The summed E-state index contributed by atoms with van der Waals surface area (Å²) in [5.41, 5.74) is 0.945. The van der Waals surface area contributed by atoms with Crippen molar-refractivity contribution in [1.82, 2.24) is 0 Å². The molecule has 0 fully saturated rings. The molecule has 0 saturated heterocycles. The number of anilines is 1. The number of hydrogen-bond donors (Lipinski definition) is 1. The largest absolute Gasteiger partial charge is 0.325 e. The minimum Gasteiger partial charge on any atom is -0.325 e. The van der Waals surface area contributed by atoms with Crippen molar-refractivity contribution in [2.24, 2.45) is 0 Å². The highest BCUT2D eigenvalue weighted by molar-refractivity contribution is 8.13. The molecule has 4 nitrogen and oxygen atoms in total. The summed E-state index contributed by atoms with van der Waals surface area (Å²) < 4.78 is 22.3. The van der Waals surface area contributed by atoms with Crippen LogP contribution in [0.25, 0.3) is 0 Å². The summed E-state index contributed by atoms with van der Waals surface area (Å²) in [4.78, 5) is 11.2. The molecule has 7 heteroatoms. The Bertz CT molecular complexity index is 532. The standard InChI is InChI=1S/C10H11Cl2NO3S/c1-3-9(14)13-10-6(2)4-7(5-8(10)11)17(12,15)16/h4-5H,3H2,1-2H3,(H,13,14). The van der Waals surface area contributed by atoms with Crippen molar-refractivity contribution in [2.75, 3.05) is 5.32 Å². The minimum absolute atomic E-state index is 0.0869. The molecule has 94 valence electrons. The number of carbonyl (C=O) groups is 1. The summed E-state index contributed by atoms with van der Waals surface area (Å²) >= 11 is 5.90. The maximum atomic E-state index is 11.3. The molecule has 0 aromatic heterocycles. The number of aryl methyl sites for hydroxylation is 1. The third kappa shape index (κ3) is 3.59. The first-order chi connectivity index (χ1) is 7.75. The zero-order valence-electron chi connectivity index (χ0n) is 9.25. The minimum atomic E-state index is -3.82. The van der Waals surface area contributed by atoms with Gasteiger partial charge in [0.15, 0.2) is 0 Å². The lowest BCUT2D eigenvalue weighted by atomic mass is 10.2. The predicted octanol–water partition coefficient (Wildman–Crippen LogP) is 2.92. The van der Waals surface area contributed by atoms with E-state index in [0.29, 0.717) is 17.7 Å². The third-order valence-corrected chi connectivity index (χ3v) is 3.76. The van der Waals surface area contributed by atoms with Gasteiger partial charge in [-0.2, -0.15) is 0 Å². The number of benzene rings is 1. The zero-order valence-corrected chi connectivity index (χ0v) is 11.6. The van der Waals surface area contributed by atoms with Gasteiger partial charge in [0.2, 0.25) is 5.91 Å². The average Bonchev–Trinajstić information content (AvgIpc) is 2.21. The van der Waals surface area contributed by atoms with Crippen molar-refractivity contribution in [2.45, 2.75) is 25.2 Å². The van der Waals surface area contributed by atoms with E-state index >= 15 is 0 Å². The van der Waals surface area contributed by atoms with Gasteiger partial charge in [-0.3, -0.25) is 4.79 Å². The van der Waals surface area contributed by atoms with E-state index in [1.54, 1.807) is 13.8 Å². The van der Waals surface area contributed by atoms with Gasteiger partial charge >= 0.3 is 0 Å². The molecule has 0 atom stereocenters. The molecule has 17 heavy (non-hydrogen) atoms. The summed E-state index contributed by atoms with van der Waals surface area (Å²) in [5.74, 6) is -0.198. The first kappa shape index (κ1) is 14.3. The van der Waals surface area contributed by atoms with Gasteiger partial charge in [0, 0.05) is 17.1 Å². The molecule has 1 rings (SSSR count). The lowest BCUT2D eigenvalue weighted by Crippen LogP contribution is -2.11. The van der Waals surface area contributed by atoms with Gasteiger partial charge in [-0.05, 0) is 24.6 Å². The molecule has 0 heterocycles. The zero-order chi connectivity index (χ0) is 13.2. The van der Waals surface area contributed by atoms with Gasteiger partial charge in [0.1, 0.15) is 0 Å². The van der Waals surface area contributed by atoms with Crippen LogP contribution in [0.3, 0.4) is 0 Å². The normalized spacial score (nSPS) is 11.3. The van der Waals surface area contributed by atoms with E-state index in [0.717, 1.165) is 0 Å². The Morgan fingerprint density at radius 2 is 2.00 bits per heavy atom. The summed E-state index contributed by atoms with van der Waals surface area (Å²) in [6.45, 7) is 3.35. The van der Waals surface area contributed by atoms with Gasteiger partial charge in [-0.15, -0.1) is 0 Å². The Kier molecular flexibility index (Phi) is 4.41. The molecular weight excluding hydrogens is 285 g/mol. The van der Waals surface area contributed by atoms with Crippen LogP contribution in [0.15, 0.2) is 17.0 Å². The fourth-order valence-corrected chi connectivity index (χ4v) is 2.46. The molecule has 1 aromatic rings. The second-order valence-electron chi connectivity index (χ2n) is 3.44. The molecule has 1 N–H and O–H groups in total. The molecule has 0 aliphatic carbocycles. The molecule has 0 radical (unpaired) electrons. The highest BCUT2D eigenvalue weighted by atomic mass is 35.7. The number of nitrogens with one attached hydrogen (secondary N) is 1. The number of hydrogen-bond acceptors (Lipinski definition) is 3. The smallest absolute Gasteiger partial charge is 0.261 e. The second-order valence-corrected chi connectivity index (χ2v) is 6.41. The number of halogens is 2. The van der Waals surface area contributed by atoms with Gasteiger partial charge in [-0.1, -0.05) is 18.5 Å². The quantitative estimate of drug-likeness (QED) is 0.872. The molecule has 0 aliphatic rings. The Morgan fingerprint density at radius 3 is 2.41 bits per heavy atom. The monoisotopic (exact) mass is 295 g/mol. The molecule has 0 aliphatic heterocycles. The fourth-order valence-electron chi connectivity index (χ4n) is 1.24. The number of rotatable bonds is 3. The molecule has 0 unspecified atom stereocenters. The van der Waals surface area contributed by atoms with E-state index in [4.69, 9.17) is 22.3 Å². The van der Waals surface area contributed by atoms with Crippen LogP contribution in [0, 0.1) is 6.92 Å². The first-order valence-electron chi connectivity index (χ1n) is 4.80. The van der Waals surface area contributed by atoms with Crippen LogP contribution in [0.2, 0.25) is 5.02 Å². The van der Waals surface area contributed by atoms with Gasteiger partial charge in [-0.25, -0.2) is 8.42 Å². The van der Waals surface area contributed by atoms with Crippen LogP contribution < -0.4 is 5.32 Å². The van der Waals surface area contributed by atoms with Gasteiger partial charge in [0.05, 0.1) is 15.6 Å². The van der Waals surface area contributed by atoms with Crippen LogP contribution in [0.4, 0.5) is 5.69 Å². The third-order valence-electron chi connectivity index (χ3n) is 2.13. The number of amides is 1. The van der Waals surface area contributed by atoms with Crippen molar-refractivity contribution >= 4 is 42.9 Å². The topological polar surface area (TPSA) is 63.2 Å². The van der Waals surface area contributed by atoms with Crippen molar-refractivity contribution in [1.29, 1.82) is 0 Å². The van der Waals surface area contributed by atoms with Gasteiger partial charge < -0.3 is 5.32 Å². The van der Waals surface area contributed by atoms with Crippen LogP contribution in [0.5, 0.6) is 0 Å². The van der Waals surface area contributed by atoms with Gasteiger partial charge in [0.25, 0.3) is 9.05 Å². The molecule has 1 aromatic carbocycles. The summed E-state index contributed by atoms with van der Waals surface area (Å²) in [5, 5.41) is 2.74. The van der Waals surface area contributed by atoms with E-state index in [9.17, 15) is 13.2 Å². The molecule has 0 bridgehead atoms. The van der Waals surface area contributed by atoms with Crippen molar-refractivity contribution in [3.8, 4) is 0 Å². The Labute approximate surface area is 109 Å². The van der Waals surface area contributed by atoms with E-state index in [1.807, 2.05) is 0 Å². The van der Waals surface area contributed by atoms with Crippen molar-refractivity contribution in [3.63, 3.8) is 0 Å². The highest BCUT2D eigenvalue weighted by Gasteiger charge is 2.15. The molecule has 0 spiro atoms. The SMILES string of the molecule is CCC(=O)Nc1c(C)cc(S(=O)(=O)Cl)cc1Cl. The fraction of sp³-hybridized carbons (Fsp3) is 0.300. The second kappa shape index (κ2) is 5.25. The molecule has 1 amide bonds. The maximum absolute atomic E-state index is 11.3. The van der Waals surface area contributed by atoms with Crippen LogP contribution >= 0.6 is 22.3 Å². The first-order valence-corrected chi connectivity index (χ1v) is 7.49. The number of carbonyl (C=O) groups excluding carboxylic acids is 1. The van der Waals surface area contributed by atoms with Crippen molar-refractivity contribution in [3.05, 3.63) is 22.7 Å². The van der Waals surface area contributed by atoms with Crippen LogP contribution in [0.1, 0.15) is 18.9 Å². The Balaban J connectivity index is 3.25. The summed E-state index contributed by atoms with van der Waals surface area (Å²) in [7, 11) is 1.39. The molecular formula is C10H11Cl2NO3S. The van der Waals surface area contributed by atoms with Crippen LogP contribution in [-0.2, 0) is 13.8 Å². The molecule has 0 saturated carbocycles. The Hall–Kier alpha value is -0.780. The van der Waals surface area contributed by atoms with E-state index in [2.05, 4.69) is 5.32 Å². The summed E-state index contributed by atoms with van der Waals surface area (Å²) in [6, 6.07) is 2.57. The predicted molar refractivity (Wildman–Crippen MR) is 68.1 cm³/mol. The van der Waals surface area contributed by atoms with Crippen LogP contribution in [-0.4, -0.2) is 14.3 Å². The lowest BCUT2D eigenvalue weighted by Gasteiger charge is -2.11. The maximum Gasteiger partial charge on any atom is 0.261 e. The van der Waals surface area contributed by atoms with E-state index in [-0.39, 0.29) is 15.8 Å².